The first kappa shape index (κ1) is 14.1. The van der Waals surface area contributed by atoms with E-state index in [1.54, 1.807) is 12.1 Å². The van der Waals surface area contributed by atoms with Gasteiger partial charge in [0.05, 0.1) is 6.10 Å². The van der Waals surface area contributed by atoms with E-state index in [0.717, 1.165) is 31.6 Å². The first-order valence-corrected chi connectivity index (χ1v) is 6.60. The highest BCUT2D eigenvalue weighted by Gasteiger charge is 2.21. The summed E-state index contributed by atoms with van der Waals surface area (Å²) in [4.78, 5) is 0. The van der Waals surface area contributed by atoms with Crippen molar-refractivity contribution in [2.24, 2.45) is 0 Å². The zero-order chi connectivity index (χ0) is 13.7. The van der Waals surface area contributed by atoms with Crippen LogP contribution in [0.25, 0.3) is 0 Å². The molecule has 1 aliphatic rings. The summed E-state index contributed by atoms with van der Waals surface area (Å²) in [6.07, 6.45) is 3.14. The number of benzene rings is 1. The molecule has 5 heteroatoms. The molecule has 2 unspecified atom stereocenters. The molecule has 1 aromatic rings. The quantitative estimate of drug-likeness (QED) is 0.886. The average molecular weight is 271 g/mol. The minimum atomic E-state index is -2.79. The Labute approximate surface area is 111 Å². The molecular weight excluding hydrogens is 252 g/mol. The molecule has 0 bridgehead atoms. The second kappa shape index (κ2) is 6.70. The molecule has 0 radical (unpaired) electrons. The summed E-state index contributed by atoms with van der Waals surface area (Å²) in [6.45, 7) is 0.0517. The monoisotopic (exact) mass is 271 g/mol. The molecule has 1 saturated heterocycles. The number of hydrogen-bond donors (Lipinski definition) is 1. The van der Waals surface area contributed by atoms with Crippen LogP contribution < -0.4 is 10.1 Å². The Hall–Kier alpha value is -1.36. The Balaban J connectivity index is 1.94. The predicted molar refractivity (Wildman–Crippen MR) is 69.7 cm³/mol. The second-order valence-electron chi connectivity index (χ2n) is 4.67. The van der Waals surface area contributed by atoms with Crippen LogP contribution >= 0.6 is 0 Å². The van der Waals surface area contributed by atoms with Gasteiger partial charge in [-0.2, -0.15) is 8.78 Å². The number of hydrogen-bond acceptors (Lipinski definition) is 3. The second-order valence-corrected chi connectivity index (χ2v) is 4.67. The van der Waals surface area contributed by atoms with Gasteiger partial charge in [0.15, 0.2) is 0 Å². The molecule has 1 fully saturated rings. The minimum Gasteiger partial charge on any atom is -0.435 e. The number of halogens is 2. The molecule has 0 amide bonds. The molecule has 19 heavy (non-hydrogen) atoms. The lowest BCUT2D eigenvalue weighted by Gasteiger charge is -2.30. The van der Waals surface area contributed by atoms with E-state index in [1.165, 1.54) is 6.07 Å². The van der Waals surface area contributed by atoms with Crippen LogP contribution in [0.5, 0.6) is 5.75 Å². The van der Waals surface area contributed by atoms with Gasteiger partial charge in [-0.25, -0.2) is 0 Å². The van der Waals surface area contributed by atoms with E-state index in [-0.39, 0.29) is 11.9 Å². The number of nitrogens with one attached hydrogen (secondary N) is 1. The molecule has 1 heterocycles. The molecular formula is C14H19F2NO2. The third-order valence-corrected chi connectivity index (χ3v) is 3.25. The topological polar surface area (TPSA) is 30.5 Å². The fraction of sp³-hybridized carbons (Fsp3) is 0.571. The molecule has 3 nitrogen and oxygen atoms in total. The van der Waals surface area contributed by atoms with Crippen molar-refractivity contribution >= 4 is 5.69 Å². The van der Waals surface area contributed by atoms with Crippen LogP contribution in [0, 0.1) is 0 Å². The highest BCUT2D eigenvalue weighted by Crippen LogP contribution is 2.23. The predicted octanol–water partition coefficient (Wildman–Crippen LogP) is 3.66. The Morgan fingerprint density at radius 1 is 1.47 bits per heavy atom. The van der Waals surface area contributed by atoms with Gasteiger partial charge >= 0.3 is 6.61 Å². The molecule has 0 saturated carbocycles. The van der Waals surface area contributed by atoms with Crippen molar-refractivity contribution in [2.45, 2.75) is 44.9 Å². The SMILES string of the molecule is CCC1CC(Nc2cccc(OC(F)F)c2)CCO1. The number of ether oxygens (including phenoxy) is 2. The van der Waals surface area contributed by atoms with Crippen molar-refractivity contribution in [1.29, 1.82) is 0 Å². The van der Waals surface area contributed by atoms with Crippen molar-refractivity contribution in [3.8, 4) is 5.75 Å². The summed E-state index contributed by atoms with van der Waals surface area (Å²) in [7, 11) is 0. The van der Waals surface area contributed by atoms with Crippen molar-refractivity contribution in [3.63, 3.8) is 0 Å². The van der Waals surface area contributed by atoms with E-state index in [2.05, 4.69) is 17.0 Å². The molecule has 106 valence electrons. The van der Waals surface area contributed by atoms with Gasteiger partial charge in [-0.3, -0.25) is 0 Å². The highest BCUT2D eigenvalue weighted by atomic mass is 19.3. The molecule has 0 aliphatic carbocycles. The smallest absolute Gasteiger partial charge is 0.387 e. The van der Waals surface area contributed by atoms with Crippen molar-refractivity contribution in [1.82, 2.24) is 0 Å². The maximum Gasteiger partial charge on any atom is 0.387 e. The van der Waals surface area contributed by atoms with Gasteiger partial charge in [0.2, 0.25) is 0 Å². The third kappa shape index (κ3) is 4.35. The van der Waals surface area contributed by atoms with Crippen LogP contribution in [0.1, 0.15) is 26.2 Å². The summed E-state index contributed by atoms with van der Waals surface area (Å²) < 4.78 is 34.3. The van der Waals surface area contributed by atoms with Crippen molar-refractivity contribution < 1.29 is 18.3 Å². The van der Waals surface area contributed by atoms with Crippen molar-refractivity contribution in [2.75, 3.05) is 11.9 Å². The van der Waals surface area contributed by atoms with Gasteiger partial charge in [0.1, 0.15) is 5.75 Å². The lowest BCUT2D eigenvalue weighted by molar-refractivity contribution is -0.0498. The van der Waals surface area contributed by atoms with Gasteiger partial charge in [-0.05, 0) is 31.4 Å². The third-order valence-electron chi connectivity index (χ3n) is 3.25. The fourth-order valence-corrected chi connectivity index (χ4v) is 2.29. The first-order chi connectivity index (χ1) is 9.17. The van der Waals surface area contributed by atoms with E-state index in [0.29, 0.717) is 6.04 Å². The van der Waals surface area contributed by atoms with E-state index >= 15 is 0 Å². The van der Waals surface area contributed by atoms with Crippen LogP contribution in [-0.4, -0.2) is 25.4 Å². The normalized spacial score (nSPS) is 23.4. The van der Waals surface area contributed by atoms with Gasteiger partial charge in [-0.15, -0.1) is 0 Å². The summed E-state index contributed by atoms with van der Waals surface area (Å²) in [6, 6.07) is 7.00. The number of anilines is 1. The molecule has 2 atom stereocenters. The molecule has 2 rings (SSSR count). The summed E-state index contributed by atoms with van der Waals surface area (Å²) in [5, 5.41) is 3.35. The van der Waals surface area contributed by atoms with E-state index in [1.807, 2.05) is 6.07 Å². The Kier molecular flexibility index (Phi) is 4.96. The zero-order valence-electron chi connectivity index (χ0n) is 10.9. The standard InChI is InChI=1S/C14H19F2NO2/c1-2-12-8-11(6-7-18-12)17-10-4-3-5-13(9-10)19-14(15)16/h3-5,9,11-12,14,17H,2,6-8H2,1H3. The van der Waals surface area contributed by atoms with Crippen LogP contribution in [0.4, 0.5) is 14.5 Å². The Bertz CT molecular complexity index is 401. The van der Waals surface area contributed by atoms with Crippen LogP contribution in [0.2, 0.25) is 0 Å². The molecule has 0 aromatic heterocycles. The fourth-order valence-electron chi connectivity index (χ4n) is 2.29. The maximum atomic E-state index is 12.1. The van der Waals surface area contributed by atoms with Crippen LogP contribution in [0.3, 0.4) is 0 Å². The van der Waals surface area contributed by atoms with Gasteiger partial charge < -0.3 is 14.8 Å². The molecule has 1 aliphatic heterocycles. The van der Waals surface area contributed by atoms with Crippen LogP contribution in [-0.2, 0) is 4.74 Å². The average Bonchev–Trinajstić information content (AvgIpc) is 2.38. The van der Waals surface area contributed by atoms with Crippen molar-refractivity contribution in [3.05, 3.63) is 24.3 Å². The number of rotatable bonds is 5. The Morgan fingerprint density at radius 2 is 2.32 bits per heavy atom. The first-order valence-electron chi connectivity index (χ1n) is 6.60. The molecule has 1 N–H and O–H groups in total. The Morgan fingerprint density at radius 3 is 3.05 bits per heavy atom. The number of alkyl halides is 2. The zero-order valence-corrected chi connectivity index (χ0v) is 10.9. The highest BCUT2D eigenvalue weighted by molar-refractivity contribution is 5.48. The molecule has 0 spiro atoms. The lowest BCUT2D eigenvalue weighted by atomic mass is 10.0. The van der Waals surface area contributed by atoms with E-state index < -0.39 is 6.61 Å². The summed E-state index contributed by atoms with van der Waals surface area (Å²) in [5.74, 6) is 0.180. The summed E-state index contributed by atoms with van der Waals surface area (Å²) >= 11 is 0. The lowest BCUT2D eigenvalue weighted by Crippen LogP contribution is -2.33. The van der Waals surface area contributed by atoms with E-state index in [4.69, 9.17) is 4.74 Å². The van der Waals surface area contributed by atoms with Gasteiger partial charge in [0, 0.05) is 24.4 Å². The van der Waals surface area contributed by atoms with Crippen LogP contribution in [0.15, 0.2) is 24.3 Å². The van der Waals surface area contributed by atoms with Gasteiger partial charge in [0.25, 0.3) is 0 Å². The minimum absolute atomic E-state index is 0.180. The van der Waals surface area contributed by atoms with E-state index in [9.17, 15) is 8.78 Å². The summed E-state index contributed by atoms with van der Waals surface area (Å²) in [5.41, 5.74) is 0.805. The molecule has 1 aromatic carbocycles. The largest absolute Gasteiger partial charge is 0.435 e. The maximum absolute atomic E-state index is 12.1. The van der Waals surface area contributed by atoms with Gasteiger partial charge in [-0.1, -0.05) is 13.0 Å².